The molecule has 1 unspecified atom stereocenters. The monoisotopic (exact) mass is 379 g/mol. The number of carboxylic acids is 2. The van der Waals surface area contributed by atoms with E-state index in [1.165, 1.54) is 0 Å². The summed E-state index contributed by atoms with van der Waals surface area (Å²) in [7, 11) is 0. The summed E-state index contributed by atoms with van der Waals surface area (Å²) in [4.78, 5) is 35.9. The zero-order valence-corrected chi connectivity index (χ0v) is 15.3. The molecule has 0 saturated carbocycles. The van der Waals surface area contributed by atoms with Crippen LogP contribution in [0.5, 0.6) is 0 Å². The number of hydrogen-bond acceptors (Lipinski definition) is 5. The van der Waals surface area contributed by atoms with Crippen molar-refractivity contribution in [3.63, 3.8) is 0 Å². The highest BCUT2D eigenvalue weighted by atomic mass is 32.2. The molecule has 0 radical (unpaired) electrons. The molecule has 0 aliphatic carbocycles. The quantitative estimate of drug-likeness (QED) is 0.579. The van der Waals surface area contributed by atoms with Crippen LogP contribution in [0.3, 0.4) is 0 Å². The third kappa shape index (κ3) is 4.46. The van der Waals surface area contributed by atoms with Crippen LogP contribution < -0.4 is 0 Å². The van der Waals surface area contributed by atoms with Gasteiger partial charge in [-0.3, -0.25) is 14.5 Å². The number of benzene rings is 1. The van der Waals surface area contributed by atoms with Crippen molar-refractivity contribution < 1.29 is 24.6 Å². The lowest BCUT2D eigenvalue weighted by atomic mass is 10.0. The smallest absolute Gasteiger partial charge is 0.327 e. The van der Waals surface area contributed by atoms with E-state index in [0.29, 0.717) is 5.92 Å². The van der Waals surface area contributed by atoms with Gasteiger partial charge < -0.3 is 10.2 Å². The molecule has 1 amide bonds. The molecule has 1 aromatic carbocycles. The first-order valence-electron chi connectivity index (χ1n) is 7.52. The Balaban J connectivity index is 2.27. The second-order valence-electron chi connectivity index (χ2n) is 5.82. The van der Waals surface area contributed by atoms with Crippen LogP contribution in [0.4, 0.5) is 0 Å². The molecule has 25 heavy (non-hydrogen) atoms. The fraction of sp³-hybridized carbons (Fsp3) is 0.294. The molecule has 1 atom stereocenters. The highest BCUT2D eigenvalue weighted by Gasteiger charge is 2.41. The van der Waals surface area contributed by atoms with E-state index in [9.17, 15) is 19.5 Å². The average molecular weight is 379 g/mol. The average Bonchev–Trinajstić information content (AvgIpc) is 2.79. The molecule has 8 heteroatoms. The molecule has 1 saturated heterocycles. The van der Waals surface area contributed by atoms with Gasteiger partial charge in [-0.1, -0.05) is 62.1 Å². The number of nitrogens with zero attached hydrogens (tertiary/aromatic N) is 1. The molecule has 1 aliphatic heterocycles. The lowest BCUT2D eigenvalue weighted by molar-refractivity contribution is -0.150. The number of carbonyl (C=O) groups is 3. The Morgan fingerprint density at radius 3 is 2.32 bits per heavy atom. The Kier molecular flexibility index (Phi) is 5.97. The highest BCUT2D eigenvalue weighted by Crippen LogP contribution is 2.34. The van der Waals surface area contributed by atoms with Crippen LogP contribution >= 0.6 is 24.0 Å². The van der Waals surface area contributed by atoms with Gasteiger partial charge >= 0.3 is 11.9 Å². The van der Waals surface area contributed by atoms with Gasteiger partial charge in [-0.05, 0) is 23.1 Å². The van der Waals surface area contributed by atoms with Crippen LogP contribution in [0, 0.1) is 0 Å². The van der Waals surface area contributed by atoms with Crippen LogP contribution in [0.1, 0.15) is 37.3 Å². The van der Waals surface area contributed by atoms with Crippen molar-refractivity contribution in [3.05, 3.63) is 40.3 Å². The number of hydrogen-bond donors (Lipinski definition) is 2. The van der Waals surface area contributed by atoms with Crippen molar-refractivity contribution in [2.24, 2.45) is 0 Å². The molecule has 1 fully saturated rings. The molecule has 1 heterocycles. The maximum Gasteiger partial charge on any atom is 0.327 e. The maximum absolute atomic E-state index is 12.5. The van der Waals surface area contributed by atoms with Gasteiger partial charge in [0.25, 0.3) is 5.91 Å². The van der Waals surface area contributed by atoms with Gasteiger partial charge in [0.1, 0.15) is 10.4 Å². The van der Waals surface area contributed by atoms with E-state index in [4.69, 9.17) is 17.3 Å². The lowest BCUT2D eigenvalue weighted by Crippen LogP contribution is -2.45. The summed E-state index contributed by atoms with van der Waals surface area (Å²) in [5, 5.41) is 18.1. The molecule has 0 aromatic heterocycles. The van der Waals surface area contributed by atoms with Gasteiger partial charge in [0.05, 0.1) is 11.3 Å². The van der Waals surface area contributed by atoms with Crippen LogP contribution in [0.2, 0.25) is 0 Å². The second-order valence-corrected chi connectivity index (χ2v) is 7.50. The highest BCUT2D eigenvalue weighted by molar-refractivity contribution is 8.26. The largest absolute Gasteiger partial charge is 0.481 e. The first kappa shape index (κ1) is 19.1. The number of thiocarbonyl (C=S) groups is 1. The van der Waals surface area contributed by atoms with Gasteiger partial charge in [-0.15, -0.1) is 0 Å². The number of rotatable bonds is 6. The van der Waals surface area contributed by atoms with Crippen LogP contribution in [0.15, 0.2) is 29.2 Å². The molecule has 132 valence electrons. The van der Waals surface area contributed by atoms with Gasteiger partial charge in [0.2, 0.25) is 0 Å². The molecular weight excluding hydrogens is 362 g/mol. The van der Waals surface area contributed by atoms with Crippen molar-refractivity contribution in [2.75, 3.05) is 0 Å². The van der Waals surface area contributed by atoms with E-state index >= 15 is 0 Å². The second kappa shape index (κ2) is 7.79. The third-order valence-corrected chi connectivity index (χ3v) is 5.02. The SMILES string of the molecule is CC(C)c1ccc(C=C2SC(=S)N(C(CC(=O)O)C(=O)O)C2=O)cc1. The summed E-state index contributed by atoms with van der Waals surface area (Å²) in [5.41, 5.74) is 1.95. The lowest BCUT2D eigenvalue weighted by Gasteiger charge is -2.21. The standard InChI is InChI=1S/C17H17NO5S2/c1-9(2)11-5-3-10(4-6-11)7-13-15(21)18(17(24)25-13)12(16(22)23)8-14(19)20/h3-7,9,12H,8H2,1-2H3,(H,19,20)(H,22,23). The predicted molar refractivity (Wildman–Crippen MR) is 99.2 cm³/mol. The summed E-state index contributed by atoms with van der Waals surface area (Å²) in [6.45, 7) is 4.16. The van der Waals surface area contributed by atoms with E-state index in [1.54, 1.807) is 6.08 Å². The van der Waals surface area contributed by atoms with E-state index in [-0.39, 0.29) is 9.23 Å². The zero-order valence-electron chi connectivity index (χ0n) is 13.6. The Morgan fingerprint density at radius 2 is 1.84 bits per heavy atom. The van der Waals surface area contributed by atoms with Gasteiger partial charge in [0, 0.05) is 0 Å². The number of aliphatic carboxylic acids is 2. The summed E-state index contributed by atoms with van der Waals surface area (Å²) in [6, 6.07) is 6.14. The van der Waals surface area contributed by atoms with Crippen molar-refractivity contribution in [3.8, 4) is 0 Å². The molecule has 1 aromatic rings. The van der Waals surface area contributed by atoms with E-state index in [1.807, 2.05) is 24.3 Å². The van der Waals surface area contributed by atoms with Gasteiger partial charge in [0.15, 0.2) is 0 Å². The van der Waals surface area contributed by atoms with E-state index in [0.717, 1.165) is 27.8 Å². The fourth-order valence-corrected chi connectivity index (χ4v) is 3.69. The summed E-state index contributed by atoms with van der Waals surface area (Å²) in [5.74, 6) is -2.91. The van der Waals surface area contributed by atoms with Gasteiger partial charge in [-0.25, -0.2) is 4.79 Å². The minimum Gasteiger partial charge on any atom is -0.481 e. The van der Waals surface area contributed by atoms with Crippen molar-refractivity contribution >= 4 is 52.2 Å². The van der Waals surface area contributed by atoms with Crippen LogP contribution in [0.25, 0.3) is 6.08 Å². The summed E-state index contributed by atoms with van der Waals surface area (Å²) >= 11 is 6.06. The number of carbonyl (C=O) groups excluding carboxylic acids is 1. The number of thioether (sulfide) groups is 1. The molecular formula is C17H17NO5S2. The molecule has 2 N–H and O–H groups in total. The fourth-order valence-electron chi connectivity index (χ4n) is 2.33. The minimum absolute atomic E-state index is 0.0451. The van der Waals surface area contributed by atoms with Crippen LogP contribution in [-0.4, -0.2) is 43.3 Å². The van der Waals surface area contributed by atoms with Crippen LogP contribution in [-0.2, 0) is 14.4 Å². The molecule has 6 nitrogen and oxygen atoms in total. The molecule has 0 spiro atoms. The van der Waals surface area contributed by atoms with Crippen molar-refractivity contribution in [1.82, 2.24) is 4.90 Å². The first-order valence-corrected chi connectivity index (χ1v) is 8.74. The van der Waals surface area contributed by atoms with Crippen molar-refractivity contribution in [2.45, 2.75) is 32.2 Å². The minimum atomic E-state index is -1.51. The number of amides is 1. The topological polar surface area (TPSA) is 94.9 Å². The molecule has 0 bridgehead atoms. The van der Waals surface area contributed by atoms with E-state index in [2.05, 4.69) is 13.8 Å². The Labute approximate surface area is 154 Å². The van der Waals surface area contributed by atoms with Crippen molar-refractivity contribution in [1.29, 1.82) is 0 Å². The zero-order chi connectivity index (χ0) is 18.7. The number of carboxylic acid groups (broad SMARTS) is 2. The predicted octanol–water partition coefficient (Wildman–Crippen LogP) is 2.94. The van der Waals surface area contributed by atoms with E-state index < -0.39 is 30.3 Å². The molecule has 1 aliphatic rings. The normalized spacial score (nSPS) is 17.4. The maximum atomic E-state index is 12.5. The Morgan fingerprint density at radius 1 is 1.24 bits per heavy atom. The first-order chi connectivity index (χ1) is 11.7. The summed E-state index contributed by atoms with van der Waals surface area (Å²) in [6.07, 6.45) is 0.918. The molecule has 2 rings (SSSR count). The van der Waals surface area contributed by atoms with Gasteiger partial charge in [-0.2, -0.15) is 0 Å². The Hall–Kier alpha value is -2.19. The Bertz CT molecular complexity index is 755. The third-order valence-electron chi connectivity index (χ3n) is 3.69. The summed E-state index contributed by atoms with van der Waals surface area (Å²) < 4.78 is 0.0451.